The van der Waals surface area contributed by atoms with Crippen molar-refractivity contribution in [3.8, 4) is 0 Å². The number of halogens is 2. The second-order valence-corrected chi connectivity index (χ2v) is 5.95. The maximum absolute atomic E-state index is 13.4. The Morgan fingerprint density at radius 1 is 1.37 bits per heavy atom. The van der Waals surface area contributed by atoms with Crippen LogP contribution in [0.4, 0.5) is 8.78 Å². The van der Waals surface area contributed by atoms with Gasteiger partial charge in [-0.1, -0.05) is 13.3 Å². The Labute approximate surface area is 111 Å². The number of nitrogens with one attached hydrogen (secondary N) is 1. The van der Waals surface area contributed by atoms with Crippen LogP contribution in [-0.4, -0.2) is 26.7 Å². The fourth-order valence-electron chi connectivity index (χ4n) is 1.62. The lowest BCUT2D eigenvalue weighted by atomic mass is 10.0. The SMILES string of the molecule is CCC(CCO)CNS(=O)(=O)c1cc(F)ccc1F. The van der Waals surface area contributed by atoms with Gasteiger partial charge in [0, 0.05) is 13.2 Å². The van der Waals surface area contributed by atoms with Crippen molar-refractivity contribution in [3.63, 3.8) is 0 Å². The van der Waals surface area contributed by atoms with Crippen LogP contribution in [-0.2, 0) is 10.0 Å². The summed E-state index contributed by atoms with van der Waals surface area (Å²) in [5.74, 6) is -1.86. The monoisotopic (exact) mass is 293 g/mol. The third kappa shape index (κ3) is 4.52. The van der Waals surface area contributed by atoms with E-state index in [0.717, 1.165) is 12.1 Å². The molecule has 0 radical (unpaired) electrons. The lowest BCUT2D eigenvalue weighted by Crippen LogP contribution is -2.30. The molecule has 0 aliphatic rings. The first-order valence-corrected chi connectivity index (χ1v) is 7.44. The van der Waals surface area contributed by atoms with Gasteiger partial charge < -0.3 is 5.11 Å². The highest BCUT2D eigenvalue weighted by atomic mass is 32.2. The summed E-state index contributed by atoms with van der Waals surface area (Å²) in [5.41, 5.74) is 0. The Morgan fingerprint density at radius 3 is 2.63 bits per heavy atom. The van der Waals surface area contributed by atoms with Gasteiger partial charge in [-0.2, -0.15) is 0 Å². The van der Waals surface area contributed by atoms with Crippen LogP contribution in [0.1, 0.15) is 19.8 Å². The molecule has 0 spiro atoms. The van der Waals surface area contributed by atoms with Gasteiger partial charge in [0.05, 0.1) is 0 Å². The number of benzene rings is 1. The highest BCUT2D eigenvalue weighted by molar-refractivity contribution is 7.89. The van der Waals surface area contributed by atoms with Crippen LogP contribution >= 0.6 is 0 Å². The van der Waals surface area contributed by atoms with Crippen LogP contribution < -0.4 is 4.72 Å². The lowest BCUT2D eigenvalue weighted by Gasteiger charge is -2.14. The van der Waals surface area contributed by atoms with Crippen LogP contribution in [0.2, 0.25) is 0 Å². The minimum Gasteiger partial charge on any atom is -0.396 e. The van der Waals surface area contributed by atoms with Gasteiger partial charge >= 0.3 is 0 Å². The first kappa shape index (κ1) is 16.0. The van der Waals surface area contributed by atoms with Gasteiger partial charge in [-0.3, -0.25) is 0 Å². The minimum absolute atomic E-state index is 0.0450. The molecule has 1 atom stereocenters. The van der Waals surface area contributed by atoms with E-state index in [4.69, 9.17) is 5.11 Å². The zero-order chi connectivity index (χ0) is 14.5. The molecule has 4 nitrogen and oxygen atoms in total. The molecule has 0 heterocycles. The second-order valence-electron chi connectivity index (χ2n) is 4.21. The molecular formula is C12H17F2NO3S. The van der Waals surface area contributed by atoms with E-state index in [2.05, 4.69) is 4.72 Å². The highest BCUT2D eigenvalue weighted by Gasteiger charge is 2.20. The molecule has 19 heavy (non-hydrogen) atoms. The quantitative estimate of drug-likeness (QED) is 0.803. The molecule has 7 heteroatoms. The summed E-state index contributed by atoms with van der Waals surface area (Å²) >= 11 is 0. The number of hydrogen-bond acceptors (Lipinski definition) is 3. The Kier molecular flexibility index (Phi) is 5.84. The standard InChI is InChI=1S/C12H17F2NO3S/c1-2-9(5-6-16)8-15-19(17,18)12-7-10(13)3-4-11(12)14/h3-4,7,9,15-16H,2,5-6,8H2,1H3. The van der Waals surface area contributed by atoms with E-state index in [1.807, 2.05) is 6.92 Å². The van der Waals surface area contributed by atoms with Gasteiger partial charge in [0.2, 0.25) is 10.0 Å². The molecule has 0 amide bonds. The molecule has 1 aromatic rings. The number of aliphatic hydroxyl groups excluding tert-OH is 1. The molecule has 0 aliphatic heterocycles. The van der Waals surface area contributed by atoms with Crippen molar-refractivity contribution in [1.29, 1.82) is 0 Å². The molecule has 0 aliphatic carbocycles. The van der Waals surface area contributed by atoms with Crippen molar-refractivity contribution >= 4 is 10.0 Å². The average molecular weight is 293 g/mol. The summed E-state index contributed by atoms with van der Waals surface area (Å²) in [6.07, 6.45) is 1.12. The summed E-state index contributed by atoms with van der Waals surface area (Å²) in [5, 5.41) is 8.81. The number of rotatable bonds is 7. The van der Waals surface area contributed by atoms with E-state index in [1.54, 1.807) is 0 Å². The van der Waals surface area contributed by atoms with E-state index in [-0.39, 0.29) is 19.1 Å². The minimum atomic E-state index is -4.08. The summed E-state index contributed by atoms with van der Waals surface area (Å²) < 4.78 is 52.3. The molecule has 2 N–H and O–H groups in total. The predicted molar refractivity (Wildman–Crippen MR) is 67.0 cm³/mol. The fraction of sp³-hybridized carbons (Fsp3) is 0.500. The molecule has 0 fully saturated rings. The molecule has 1 rings (SSSR count). The third-order valence-corrected chi connectivity index (χ3v) is 4.30. The maximum Gasteiger partial charge on any atom is 0.243 e. The van der Waals surface area contributed by atoms with Crippen molar-refractivity contribution < 1.29 is 22.3 Å². The van der Waals surface area contributed by atoms with Crippen molar-refractivity contribution in [2.45, 2.75) is 24.7 Å². The van der Waals surface area contributed by atoms with Gasteiger partial charge in [0.1, 0.15) is 16.5 Å². The van der Waals surface area contributed by atoms with Crippen molar-refractivity contribution in [3.05, 3.63) is 29.8 Å². The van der Waals surface area contributed by atoms with Crippen LogP contribution in [0.15, 0.2) is 23.1 Å². The van der Waals surface area contributed by atoms with Crippen molar-refractivity contribution in [2.75, 3.05) is 13.2 Å². The van der Waals surface area contributed by atoms with E-state index in [0.29, 0.717) is 18.9 Å². The molecule has 0 saturated carbocycles. The summed E-state index contributed by atoms with van der Waals surface area (Å²) in [6, 6.07) is 2.27. The molecule has 1 unspecified atom stereocenters. The summed E-state index contributed by atoms with van der Waals surface area (Å²) in [6.45, 7) is 1.89. The Morgan fingerprint density at radius 2 is 2.05 bits per heavy atom. The largest absolute Gasteiger partial charge is 0.396 e. The fourth-order valence-corrected chi connectivity index (χ4v) is 2.82. The van der Waals surface area contributed by atoms with Gasteiger partial charge in [-0.25, -0.2) is 21.9 Å². The number of aliphatic hydroxyl groups is 1. The van der Waals surface area contributed by atoms with Gasteiger partial charge in [0.25, 0.3) is 0 Å². The smallest absolute Gasteiger partial charge is 0.243 e. The van der Waals surface area contributed by atoms with E-state index in [9.17, 15) is 17.2 Å². The maximum atomic E-state index is 13.4. The molecule has 0 bridgehead atoms. The number of sulfonamides is 1. The number of hydrogen-bond donors (Lipinski definition) is 2. The van der Waals surface area contributed by atoms with Crippen LogP contribution in [0.3, 0.4) is 0 Å². The Bertz CT molecular complexity index is 520. The molecule has 1 aromatic carbocycles. The van der Waals surface area contributed by atoms with E-state index in [1.165, 1.54) is 0 Å². The van der Waals surface area contributed by atoms with Gasteiger partial charge in [0.15, 0.2) is 0 Å². The first-order chi connectivity index (χ1) is 8.90. The first-order valence-electron chi connectivity index (χ1n) is 5.96. The predicted octanol–water partition coefficient (Wildman–Crippen LogP) is 1.65. The summed E-state index contributed by atoms with van der Waals surface area (Å²) in [7, 11) is -4.08. The Balaban J connectivity index is 2.83. The van der Waals surface area contributed by atoms with Crippen LogP contribution in [0, 0.1) is 17.6 Å². The molecule has 0 aromatic heterocycles. The van der Waals surface area contributed by atoms with Gasteiger partial charge in [-0.15, -0.1) is 0 Å². The zero-order valence-electron chi connectivity index (χ0n) is 10.6. The lowest BCUT2D eigenvalue weighted by molar-refractivity contribution is 0.254. The van der Waals surface area contributed by atoms with Gasteiger partial charge in [-0.05, 0) is 30.5 Å². The molecule has 108 valence electrons. The highest BCUT2D eigenvalue weighted by Crippen LogP contribution is 2.16. The topological polar surface area (TPSA) is 66.4 Å². The van der Waals surface area contributed by atoms with Crippen molar-refractivity contribution in [2.24, 2.45) is 5.92 Å². The average Bonchev–Trinajstić information content (AvgIpc) is 2.37. The molecular weight excluding hydrogens is 276 g/mol. The van der Waals surface area contributed by atoms with Crippen molar-refractivity contribution in [1.82, 2.24) is 4.72 Å². The third-order valence-electron chi connectivity index (χ3n) is 2.86. The van der Waals surface area contributed by atoms with E-state index < -0.39 is 26.6 Å². The van der Waals surface area contributed by atoms with Crippen LogP contribution in [0.25, 0.3) is 0 Å². The normalized spacial score (nSPS) is 13.5. The Hall–Kier alpha value is -1.05. The van der Waals surface area contributed by atoms with E-state index >= 15 is 0 Å². The summed E-state index contributed by atoms with van der Waals surface area (Å²) in [4.78, 5) is -0.702. The zero-order valence-corrected chi connectivity index (χ0v) is 11.4. The van der Waals surface area contributed by atoms with Crippen LogP contribution in [0.5, 0.6) is 0 Å². The second kappa shape index (κ2) is 6.93. The molecule has 0 saturated heterocycles.